The van der Waals surface area contributed by atoms with Crippen LogP contribution in [0.4, 0.5) is 5.69 Å². The number of nitrogens with two attached hydrogens (primary N) is 1. The van der Waals surface area contributed by atoms with Gasteiger partial charge in [0.2, 0.25) is 0 Å². The first kappa shape index (κ1) is 20.7. The molecule has 2 aliphatic rings. The molecule has 2 atom stereocenters. The summed E-state index contributed by atoms with van der Waals surface area (Å²) in [6.45, 7) is 14.3. The SMILES string of the molecule is CCc1cccc(N2CCN(CCC3CC(N)C3)CC(C)CC2C)c1CC. The number of aryl methyl sites for hydroxylation is 1. The summed E-state index contributed by atoms with van der Waals surface area (Å²) in [6.07, 6.45) is 7.37. The van der Waals surface area contributed by atoms with Gasteiger partial charge in [0.05, 0.1) is 0 Å². The minimum atomic E-state index is 0.482. The molecule has 2 fully saturated rings. The van der Waals surface area contributed by atoms with Crippen LogP contribution in [0.5, 0.6) is 0 Å². The Hall–Kier alpha value is -1.06. The summed E-state index contributed by atoms with van der Waals surface area (Å²) in [7, 11) is 0. The summed E-state index contributed by atoms with van der Waals surface area (Å²) in [5.74, 6) is 1.63. The maximum Gasteiger partial charge on any atom is 0.0404 e. The molecule has 0 spiro atoms. The van der Waals surface area contributed by atoms with Gasteiger partial charge in [0.1, 0.15) is 0 Å². The van der Waals surface area contributed by atoms with E-state index in [0.29, 0.717) is 12.1 Å². The number of nitrogens with zero attached hydrogens (tertiary/aromatic N) is 2. The van der Waals surface area contributed by atoms with Crippen molar-refractivity contribution >= 4 is 5.69 Å². The molecule has 1 aromatic carbocycles. The highest BCUT2D eigenvalue weighted by Gasteiger charge is 2.28. The van der Waals surface area contributed by atoms with E-state index in [4.69, 9.17) is 5.73 Å². The molecule has 0 aromatic heterocycles. The topological polar surface area (TPSA) is 32.5 Å². The Labute approximate surface area is 167 Å². The molecule has 2 N–H and O–H groups in total. The van der Waals surface area contributed by atoms with Crippen molar-refractivity contribution in [3.63, 3.8) is 0 Å². The normalized spacial score (nSPS) is 29.9. The van der Waals surface area contributed by atoms with Crippen molar-refractivity contribution in [2.24, 2.45) is 17.6 Å². The molecule has 152 valence electrons. The van der Waals surface area contributed by atoms with E-state index in [2.05, 4.69) is 55.7 Å². The molecule has 1 aromatic rings. The largest absolute Gasteiger partial charge is 0.367 e. The third-order valence-corrected chi connectivity index (χ3v) is 6.92. The average molecular weight is 372 g/mol. The second kappa shape index (κ2) is 9.43. The molecule has 3 nitrogen and oxygen atoms in total. The van der Waals surface area contributed by atoms with Crippen molar-refractivity contribution in [1.29, 1.82) is 0 Å². The predicted octanol–water partition coefficient (Wildman–Crippen LogP) is 4.48. The Morgan fingerprint density at radius 1 is 1.04 bits per heavy atom. The van der Waals surface area contributed by atoms with Crippen LogP contribution < -0.4 is 10.6 Å². The van der Waals surface area contributed by atoms with Crippen LogP contribution in [-0.4, -0.2) is 43.2 Å². The molecular formula is C24H41N3. The quantitative estimate of drug-likeness (QED) is 0.800. The molecule has 1 heterocycles. The smallest absolute Gasteiger partial charge is 0.0404 e. The lowest BCUT2D eigenvalue weighted by molar-refractivity contribution is 0.171. The Bertz CT molecular complexity index is 593. The highest BCUT2D eigenvalue weighted by Crippen LogP contribution is 2.31. The first-order valence-electron chi connectivity index (χ1n) is 11.4. The minimum absolute atomic E-state index is 0.482. The molecular weight excluding hydrogens is 330 g/mol. The minimum Gasteiger partial charge on any atom is -0.367 e. The van der Waals surface area contributed by atoms with Crippen LogP contribution in [0.15, 0.2) is 18.2 Å². The van der Waals surface area contributed by atoms with Gasteiger partial charge in [-0.2, -0.15) is 0 Å². The molecule has 1 aliphatic carbocycles. The van der Waals surface area contributed by atoms with Crippen LogP contribution in [0.1, 0.15) is 64.5 Å². The zero-order chi connectivity index (χ0) is 19.4. The maximum atomic E-state index is 5.97. The van der Waals surface area contributed by atoms with E-state index in [1.165, 1.54) is 56.6 Å². The molecule has 2 unspecified atom stereocenters. The standard InChI is InChI=1S/C24H41N3/c1-5-21-8-7-9-24(23(21)6-2)27-13-12-26(17-18(3)14-19(27)4)11-10-20-15-22(25)16-20/h7-9,18-20,22H,5-6,10-17,25H2,1-4H3. The number of hydrogen-bond donors (Lipinski definition) is 1. The second-order valence-electron chi connectivity index (χ2n) is 9.19. The van der Waals surface area contributed by atoms with E-state index in [1.807, 2.05) is 0 Å². The van der Waals surface area contributed by atoms with Crippen molar-refractivity contribution in [3.8, 4) is 0 Å². The number of benzene rings is 1. The Kier molecular flexibility index (Phi) is 7.22. The maximum absolute atomic E-state index is 5.97. The van der Waals surface area contributed by atoms with E-state index < -0.39 is 0 Å². The molecule has 3 rings (SSSR count). The summed E-state index contributed by atoms with van der Waals surface area (Å²) in [5.41, 5.74) is 10.6. The highest BCUT2D eigenvalue weighted by molar-refractivity contribution is 5.57. The van der Waals surface area contributed by atoms with Crippen molar-refractivity contribution < 1.29 is 0 Å². The van der Waals surface area contributed by atoms with Crippen molar-refractivity contribution in [3.05, 3.63) is 29.3 Å². The van der Waals surface area contributed by atoms with Gasteiger partial charge in [0.15, 0.2) is 0 Å². The lowest BCUT2D eigenvalue weighted by Crippen LogP contribution is -2.47. The zero-order valence-electron chi connectivity index (χ0n) is 18.1. The molecule has 1 saturated carbocycles. The summed E-state index contributed by atoms with van der Waals surface area (Å²) in [6, 6.07) is 8.04. The van der Waals surface area contributed by atoms with Gasteiger partial charge >= 0.3 is 0 Å². The molecule has 0 radical (unpaired) electrons. The van der Waals surface area contributed by atoms with Crippen molar-refractivity contribution in [1.82, 2.24) is 4.90 Å². The molecule has 1 aliphatic heterocycles. The van der Waals surface area contributed by atoms with Gasteiger partial charge < -0.3 is 15.5 Å². The van der Waals surface area contributed by atoms with Crippen LogP contribution in [0, 0.1) is 11.8 Å². The number of rotatable bonds is 6. The number of hydrogen-bond acceptors (Lipinski definition) is 3. The lowest BCUT2D eigenvalue weighted by Gasteiger charge is -2.41. The van der Waals surface area contributed by atoms with Crippen LogP contribution >= 0.6 is 0 Å². The van der Waals surface area contributed by atoms with Crippen molar-refractivity contribution in [2.75, 3.05) is 31.1 Å². The van der Waals surface area contributed by atoms with Gasteiger partial charge in [-0.15, -0.1) is 0 Å². The Morgan fingerprint density at radius 3 is 2.48 bits per heavy atom. The van der Waals surface area contributed by atoms with Crippen LogP contribution in [-0.2, 0) is 12.8 Å². The van der Waals surface area contributed by atoms with Crippen LogP contribution in [0.3, 0.4) is 0 Å². The summed E-state index contributed by atoms with van der Waals surface area (Å²) in [4.78, 5) is 5.43. The molecule has 3 heteroatoms. The van der Waals surface area contributed by atoms with E-state index >= 15 is 0 Å². The first-order valence-corrected chi connectivity index (χ1v) is 11.4. The van der Waals surface area contributed by atoms with Crippen molar-refractivity contribution in [2.45, 2.75) is 78.3 Å². The monoisotopic (exact) mass is 371 g/mol. The zero-order valence-corrected chi connectivity index (χ0v) is 18.1. The van der Waals surface area contributed by atoms with Gasteiger partial charge in [-0.1, -0.05) is 32.9 Å². The third-order valence-electron chi connectivity index (χ3n) is 6.92. The number of anilines is 1. The molecule has 27 heavy (non-hydrogen) atoms. The third kappa shape index (κ3) is 5.06. The van der Waals surface area contributed by atoms with Gasteiger partial charge in [-0.3, -0.25) is 0 Å². The molecule has 1 saturated heterocycles. The van der Waals surface area contributed by atoms with E-state index in [9.17, 15) is 0 Å². The van der Waals surface area contributed by atoms with Gasteiger partial charge in [0, 0.05) is 37.4 Å². The van der Waals surface area contributed by atoms with Gasteiger partial charge in [0.25, 0.3) is 0 Å². The Morgan fingerprint density at radius 2 is 1.81 bits per heavy atom. The fourth-order valence-corrected chi connectivity index (χ4v) is 5.36. The van der Waals surface area contributed by atoms with E-state index in [-0.39, 0.29) is 0 Å². The average Bonchev–Trinajstić information content (AvgIpc) is 2.62. The van der Waals surface area contributed by atoms with Crippen LogP contribution in [0.25, 0.3) is 0 Å². The van der Waals surface area contributed by atoms with Crippen LogP contribution in [0.2, 0.25) is 0 Å². The highest BCUT2D eigenvalue weighted by atomic mass is 15.2. The van der Waals surface area contributed by atoms with Gasteiger partial charge in [-0.05, 0) is 81.0 Å². The van der Waals surface area contributed by atoms with E-state index in [0.717, 1.165) is 31.2 Å². The molecule has 0 bridgehead atoms. The summed E-state index contributed by atoms with van der Waals surface area (Å²) in [5, 5.41) is 0. The summed E-state index contributed by atoms with van der Waals surface area (Å²) >= 11 is 0. The van der Waals surface area contributed by atoms with E-state index in [1.54, 1.807) is 5.56 Å². The molecule has 0 amide bonds. The first-order chi connectivity index (χ1) is 13.0. The fourth-order valence-electron chi connectivity index (χ4n) is 5.36. The second-order valence-corrected chi connectivity index (χ2v) is 9.19. The predicted molar refractivity (Wildman–Crippen MR) is 118 cm³/mol. The fraction of sp³-hybridized carbons (Fsp3) is 0.750. The lowest BCUT2D eigenvalue weighted by atomic mass is 9.79. The Balaban J connectivity index is 1.70. The van der Waals surface area contributed by atoms with Gasteiger partial charge in [-0.25, -0.2) is 0 Å². The summed E-state index contributed by atoms with van der Waals surface area (Å²) < 4.78 is 0.